The molecule has 4 nitrogen and oxygen atoms in total. The van der Waals surface area contributed by atoms with Crippen molar-refractivity contribution < 1.29 is 18.7 Å². The number of halogens is 2. The first-order chi connectivity index (χ1) is 11.0. The fraction of sp³-hybridized carbons (Fsp3) is 0.588. The highest BCUT2D eigenvalue weighted by molar-refractivity contribution is 5.94. The molecule has 1 aromatic rings. The normalized spacial score (nSPS) is 28.5. The molecule has 0 unspecified atom stereocenters. The fourth-order valence-electron chi connectivity index (χ4n) is 4.03. The van der Waals surface area contributed by atoms with Gasteiger partial charge >= 0.3 is 0 Å². The molecule has 0 spiro atoms. The Hall–Kier alpha value is -1.53. The van der Waals surface area contributed by atoms with Gasteiger partial charge in [0.2, 0.25) is 0 Å². The number of carbonyl (C=O) groups is 1. The van der Waals surface area contributed by atoms with Gasteiger partial charge in [0.05, 0.1) is 12.2 Å². The minimum atomic E-state index is -0.701. The molecule has 3 rings (SSSR count). The first kappa shape index (κ1) is 16.3. The maximum atomic E-state index is 13.9. The molecule has 6 heteroatoms. The Morgan fingerprint density at radius 1 is 1.35 bits per heavy atom. The number of fused-ring (bicyclic) bond motifs is 1. The molecule has 2 aliphatic rings. The number of nitrogens with zero attached hydrogens (tertiary/aromatic N) is 2. The smallest absolute Gasteiger partial charge is 0.256 e. The van der Waals surface area contributed by atoms with Gasteiger partial charge < -0.3 is 14.9 Å². The van der Waals surface area contributed by atoms with Gasteiger partial charge in [-0.15, -0.1) is 0 Å². The van der Waals surface area contributed by atoms with Crippen LogP contribution in [0.25, 0.3) is 0 Å². The maximum absolute atomic E-state index is 13.9. The van der Waals surface area contributed by atoms with Crippen LogP contribution in [-0.2, 0) is 0 Å². The van der Waals surface area contributed by atoms with Crippen molar-refractivity contribution in [2.75, 3.05) is 33.3 Å². The molecule has 2 aliphatic heterocycles. The molecule has 2 heterocycles. The Morgan fingerprint density at radius 3 is 2.87 bits per heavy atom. The molecule has 1 aromatic carbocycles. The molecule has 0 aliphatic carbocycles. The second kappa shape index (κ2) is 6.17. The average molecular weight is 324 g/mol. The standard InChI is InChI=1S/C17H22F2N2O2/c1-20-7-2-5-17(11-22)6-8-21(10-15(17)20)16(23)13-9-12(18)3-4-14(13)19/h3-4,9,15,22H,2,5-8,10-11H2,1H3/t15-,17-/m1/s1. The molecule has 0 aromatic heterocycles. The van der Waals surface area contributed by atoms with Gasteiger partial charge in [0.1, 0.15) is 11.6 Å². The molecule has 1 amide bonds. The number of piperidine rings is 2. The largest absolute Gasteiger partial charge is 0.396 e. The zero-order valence-corrected chi connectivity index (χ0v) is 13.3. The van der Waals surface area contributed by atoms with Crippen molar-refractivity contribution in [3.8, 4) is 0 Å². The number of hydrogen-bond acceptors (Lipinski definition) is 3. The Labute approximate surface area is 134 Å². The van der Waals surface area contributed by atoms with E-state index in [0.29, 0.717) is 19.5 Å². The van der Waals surface area contributed by atoms with E-state index in [0.717, 1.165) is 37.6 Å². The lowest BCUT2D eigenvalue weighted by Gasteiger charge is -2.53. The van der Waals surface area contributed by atoms with Crippen LogP contribution in [0.1, 0.15) is 29.6 Å². The minimum absolute atomic E-state index is 0.0515. The van der Waals surface area contributed by atoms with E-state index in [1.54, 1.807) is 4.90 Å². The fourth-order valence-corrected chi connectivity index (χ4v) is 4.03. The number of rotatable bonds is 2. The highest BCUT2D eigenvalue weighted by Gasteiger charge is 2.47. The number of likely N-dealkylation sites (N-methyl/N-ethyl adjacent to an activating group) is 1. The first-order valence-corrected chi connectivity index (χ1v) is 8.02. The predicted molar refractivity (Wildman–Crippen MR) is 82.0 cm³/mol. The third-order valence-electron chi connectivity index (χ3n) is 5.46. The Balaban J connectivity index is 1.83. The topological polar surface area (TPSA) is 43.8 Å². The summed E-state index contributed by atoms with van der Waals surface area (Å²) in [5.74, 6) is -1.80. The summed E-state index contributed by atoms with van der Waals surface area (Å²) < 4.78 is 27.2. The maximum Gasteiger partial charge on any atom is 0.256 e. The molecule has 2 atom stereocenters. The predicted octanol–water partition coefficient (Wildman–Crippen LogP) is 1.88. The van der Waals surface area contributed by atoms with Gasteiger partial charge in [0.25, 0.3) is 5.91 Å². The van der Waals surface area contributed by atoms with E-state index >= 15 is 0 Å². The number of aliphatic hydroxyl groups is 1. The summed E-state index contributed by atoms with van der Waals surface area (Å²) in [6.07, 6.45) is 2.65. The van der Waals surface area contributed by atoms with Crippen molar-refractivity contribution in [1.82, 2.24) is 9.80 Å². The van der Waals surface area contributed by atoms with Crippen LogP contribution in [0, 0.1) is 17.0 Å². The highest BCUT2D eigenvalue weighted by atomic mass is 19.1. The van der Waals surface area contributed by atoms with E-state index < -0.39 is 17.5 Å². The van der Waals surface area contributed by atoms with E-state index in [2.05, 4.69) is 4.90 Å². The molecule has 23 heavy (non-hydrogen) atoms. The van der Waals surface area contributed by atoms with Crippen molar-refractivity contribution in [1.29, 1.82) is 0 Å². The van der Waals surface area contributed by atoms with E-state index in [-0.39, 0.29) is 23.6 Å². The lowest BCUT2D eigenvalue weighted by Crippen LogP contribution is -2.62. The SMILES string of the molecule is CN1CCC[C@]2(CO)CCN(C(=O)c3cc(F)ccc3F)C[C@@H]12. The van der Waals surface area contributed by atoms with Gasteiger partial charge in [-0.3, -0.25) is 4.79 Å². The van der Waals surface area contributed by atoms with Gasteiger partial charge in [-0.1, -0.05) is 0 Å². The molecule has 2 fully saturated rings. The zero-order valence-electron chi connectivity index (χ0n) is 13.3. The van der Waals surface area contributed by atoms with Crippen LogP contribution < -0.4 is 0 Å². The molecule has 0 bridgehead atoms. The lowest BCUT2D eigenvalue weighted by molar-refractivity contribution is -0.0602. The molecule has 0 saturated carbocycles. The van der Waals surface area contributed by atoms with Crippen LogP contribution in [-0.4, -0.2) is 60.1 Å². The summed E-state index contributed by atoms with van der Waals surface area (Å²) in [7, 11) is 1.99. The number of benzene rings is 1. The van der Waals surface area contributed by atoms with Crippen LogP contribution in [0.5, 0.6) is 0 Å². The van der Waals surface area contributed by atoms with Crippen molar-refractivity contribution in [2.24, 2.45) is 5.41 Å². The van der Waals surface area contributed by atoms with Crippen molar-refractivity contribution in [3.05, 3.63) is 35.4 Å². The second-order valence-corrected chi connectivity index (χ2v) is 6.75. The van der Waals surface area contributed by atoms with Crippen LogP contribution in [0.4, 0.5) is 8.78 Å². The summed E-state index contributed by atoms with van der Waals surface area (Å²) in [5, 5.41) is 9.88. The highest BCUT2D eigenvalue weighted by Crippen LogP contribution is 2.41. The van der Waals surface area contributed by atoms with Crippen molar-refractivity contribution in [3.63, 3.8) is 0 Å². The Kier molecular flexibility index (Phi) is 4.38. The number of aliphatic hydroxyl groups excluding tert-OH is 1. The molecular formula is C17H22F2N2O2. The van der Waals surface area contributed by atoms with E-state index in [9.17, 15) is 18.7 Å². The van der Waals surface area contributed by atoms with Crippen LogP contribution in [0.3, 0.4) is 0 Å². The molecule has 1 N–H and O–H groups in total. The van der Waals surface area contributed by atoms with Gasteiger partial charge in [-0.05, 0) is 51.1 Å². The summed E-state index contributed by atoms with van der Waals surface area (Å²) in [6.45, 7) is 1.91. The monoisotopic (exact) mass is 324 g/mol. The number of carbonyl (C=O) groups excluding carboxylic acids is 1. The lowest BCUT2D eigenvalue weighted by atomic mass is 9.69. The van der Waals surface area contributed by atoms with E-state index in [1.807, 2.05) is 7.05 Å². The van der Waals surface area contributed by atoms with Gasteiger partial charge in [-0.25, -0.2) is 8.78 Å². The zero-order chi connectivity index (χ0) is 16.6. The van der Waals surface area contributed by atoms with Gasteiger partial charge in [-0.2, -0.15) is 0 Å². The minimum Gasteiger partial charge on any atom is -0.396 e. The molecule has 0 radical (unpaired) electrons. The summed E-state index contributed by atoms with van der Waals surface area (Å²) in [4.78, 5) is 16.3. The second-order valence-electron chi connectivity index (χ2n) is 6.75. The third kappa shape index (κ3) is 2.85. The molecule has 126 valence electrons. The van der Waals surface area contributed by atoms with Crippen molar-refractivity contribution in [2.45, 2.75) is 25.3 Å². The average Bonchev–Trinajstić information content (AvgIpc) is 2.56. The van der Waals surface area contributed by atoms with Crippen LogP contribution >= 0.6 is 0 Å². The number of hydrogen-bond donors (Lipinski definition) is 1. The van der Waals surface area contributed by atoms with E-state index in [4.69, 9.17) is 0 Å². The molecule has 2 saturated heterocycles. The third-order valence-corrected chi connectivity index (χ3v) is 5.46. The van der Waals surface area contributed by atoms with Gasteiger partial charge in [0, 0.05) is 24.5 Å². The summed E-state index contributed by atoms with van der Waals surface area (Å²) >= 11 is 0. The quantitative estimate of drug-likeness (QED) is 0.903. The molecular weight excluding hydrogens is 302 g/mol. The number of likely N-dealkylation sites (tertiary alicyclic amines) is 2. The van der Waals surface area contributed by atoms with Crippen LogP contribution in [0.2, 0.25) is 0 Å². The van der Waals surface area contributed by atoms with E-state index in [1.165, 1.54) is 0 Å². The first-order valence-electron chi connectivity index (χ1n) is 8.02. The Bertz CT molecular complexity index is 610. The summed E-state index contributed by atoms with van der Waals surface area (Å²) in [5.41, 5.74) is -0.412. The number of amides is 1. The van der Waals surface area contributed by atoms with Gasteiger partial charge in [0.15, 0.2) is 0 Å². The Morgan fingerprint density at radius 2 is 2.13 bits per heavy atom. The van der Waals surface area contributed by atoms with Crippen molar-refractivity contribution >= 4 is 5.91 Å². The summed E-state index contributed by atoms with van der Waals surface area (Å²) in [6, 6.07) is 3.00. The van der Waals surface area contributed by atoms with Crippen LogP contribution in [0.15, 0.2) is 18.2 Å².